The number of nitrogens with zero attached hydrogens (tertiary/aromatic N) is 1. The lowest BCUT2D eigenvalue weighted by Gasteiger charge is -2.21. The first kappa shape index (κ1) is 13.1. The number of hydrogen-bond donors (Lipinski definition) is 1. The number of carbonyl (C=O) groups excluding carboxylic acids is 1. The van der Waals surface area contributed by atoms with Crippen LogP contribution in [0.25, 0.3) is 0 Å². The molecule has 1 saturated heterocycles. The Bertz CT molecular complexity index is 574. The molecular formula is C14H14FNO4. The van der Waals surface area contributed by atoms with Crippen molar-refractivity contribution >= 4 is 17.6 Å². The van der Waals surface area contributed by atoms with Crippen LogP contribution in [0.1, 0.15) is 18.4 Å². The molecule has 0 bridgehead atoms. The highest BCUT2D eigenvalue weighted by atomic mass is 19.1. The second-order valence-electron chi connectivity index (χ2n) is 5.04. The highest BCUT2D eigenvalue weighted by molar-refractivity contribution is 5.98. The fraction of sp³-hybridized carbons (Fsp3) is 0.429. The van der Waals surface area contributed by atoms with Crippen LogP contribution in [0.3, 0.4) is 0 Å². The van der Waals surface area contributed by atoms with Gasteiger partial charge in [-0.25, -0.2) is 9.18 Å². The van der Waals surface area contributed by atoms with Crippen molar-refractivity contribution < 1.29 is 23.8 Å². The first-order valence-electron chi connectivity index (χ1n) is 6.54. The molecular weight excluding hydrogens is 265 g/mol. The number of carboxylic acid groups (broad SMARTS) is 1. The van der Waals surface area contributed by atoms with Crippen LogP contribution in [0.15, 0.2) is 18.2 Å². The van der Waals surface area contributed by atoms with E-state index in [9.17, 15) is 14.0 Å². The van der Waals surface area contributed by atoms with Crippen molar-refractivity contribution in [3.63, 3.8) is 0 Å². The molecule has 5 nitrogen and oxygen atoms in total. The number of ether oxygens (including phenoxy) is 1. The van der Waals surface area contributed by atoms with Crippen LogP contribution in [0.2, 0.25) is 0 Å². The van der Waals surface area contributed by atoms with Crippen molar-refractivity contribution in [3.8, 4) is 0 Å². The summed E-state index contributed by atoms with van der Waals surface area (Å²) in [6, 6.07) is 4.39. The van der Waals surface area contributed by atoms with E-state index >= 15 is 0 Å². The molecule has 106 valence electrons. The maximum atomic E-state index is 13.3. The lowest BCUT2D eigenvalue weighted by atomic mass is 10.1. The first-order valence-corrected chi connectivity index (χ1v) is 6.54. The number of amides is 1. The van der Waals surface area contributed by atoms with Crippen molar-refractivity contribution in [1.82, 2.24) is 0 Å². The molecule has 1 N–H and O–H groups in total. The maximum absolute atomic E-state index is 13.3. The predicted octanol–water partition coefficient (Wildman–Crippen LogP) is 1.35. The van der Waals surface area contributed by atoms with Crippen molar-refractivity contribution in [1.29, 1.82) is 0 Å². The molecule has 6 heteroatoms. The van der Waals surface area contributed by atoms with Crippen LogP contribution >= 0.6 is 0 Å². The number of anilines is 1. The van der Waals surface area contributed by atoms with Gasteiger partial charge in [0.1, 0.15) is 11.9 Å². The summed E-state index contributed by atoms with van der Waals surface area (Å²) in [4.78, 5) is 24.7. The SMILES string of the molecule is O=C(O)C1CCC(C(=O)N2CCc3ccc(F)cc32)O1. The summed E-state index contributed by atoms with van der Waals surface area (Å²) in [7, 11) is 0. The molecule has 1 aromatic carbocycles. The van der Waals surface area contributed by atoms with Crippen LogP contribution in [0.4, 0.5) is 10.1 Å². The monoisotopic (exact) mass is 279 g/mol. The van der Waals surface area contributed by atoms with Gasteiger partial charge in [-0.15, -0.1) is 0 Å². The number of halogens is 1. The summed E-state index contributed by atoms with van der Waals surface area (Å²) in [6.07, 6.45) is -0.271. The van der Waals surface area contributed by atoms with Crippen LogP contribution in [0.5, 0.6) is 0 Å². The van der Waals surface area contributed by atoms with E-state index in [0.29, 0.717) is 31.5 Å². The van der Waals surface area contributed by atoms with E-state index in [1.54, 1.807) is 6.07 Å². The van der Waals surface area contributed by atoms with Crippen molar-refractivity contribution in [2.24, 2.45) is 0 Å². The average Bonchev–Trinajstić information content (AvgIpc) is 3.04. The topological polar surface area (TPSA) is 66.8 Å². The molecule has 1 fully saturated rings. The fourth-order valence-electron chi connectivity index (χ4n) is 2.76. The molecule has 20 heavy (non-hydrogen) atoms. The third kappa shape index (κ3) is 2.16. The Hall–Kier alpha value is -1.95. The number of carboxylic acids is 1. The molecule has 2 unspecified atom stereocenters. The summed E-state index contributed by atoms with van der Waals surface area (Å²) in [6.45, 7) is 0.481. The van der Waals surface area contributed by atoms with E-state index in [1.807, 2.05) is 0 Å². The fourth-order valence-corrected chi connectivity index (χ4v) is 2.76. The minimum absolute atomic E-state index is 0.280. The van der Waals surface area contributed by atoms with Gasteiger partial charge in [0.25, 0.3) is 5.91 Å². The minimum Gasteiger partial charge on any atom is -0.479 e. The highest BCUT2D eigenvalue weighted by Crippen LogP contribution is 2.31. The van der Waals surface area contributed by atoms with Crippen molar-refractivity contribution in [3.05, 3.63) is 29.6 Å². The van der Waals surface area contributed by atoms with Crippen molar-refractivity contribution in [2.45, 2.75) is 31.5 Å². The largest absolute Gasteiger partial charge is 0.479 e. The van der Waals surface area contributed by atoms with Crippen LogP contribution < -0.4 is 4.90 Å². The Balaban J connectivity index is 1.77. The summed E-state index contributed by atoms with van der Waals surface area (Å²) < 4.78 is 18.6. The van der Waals surface area contributed by atoms with Gasteiger partial charge in [0.2, 0.25) is 0 Å². The lowest BCUT2D eigenvalue weighted by molar-refractivity contribution is -0.151. The van der Waals surface area contributed by atoms with Gasteiger partial charge in [0.15, 0.2) is 6.10 Å². The first-order chi connectivity index (χ1) is 9.56. The van der Waals surface area contributed by atoms with Gasteiger partial charge in [-0.3, -0.25) is 4.79 Å². The number of aliphatic carboxylic acids is 1. The van der Waals surface area contributed by atoms with Gasteiger partial charge in [-0.05, 0) is 37.0 Å². The zero-order valence-corrected chi connectivity index (χ0v) is 10.7. The Labute approximate surface area is 114 Å². The van der Waals surface area contributed by atoms with Crippen LogP contribution in [-0.4, -0.2) is 35.7 Å². The maximum Gasteiger partial charge on any atom is 0.332 e. The molecule has 2 heterocycles. The Kier molecular flexibility index (Phi) is 3.17. The molecule has 0 aromatic heterocycles. The second-order valence-corrected chi connectivity index (χ2v) is 5.04. The molecule has 2 aliphatic rings. The summed E-state index contributed by atoms with van der Waals surface area (Å²) in [5.74, 6) is -1.72. The molecule has 2 atom stereocenters. The normalized spacial score (nSPS) is 24.8. The van der Waals surface area contributed by atoms with E-state index in [-0.39, 0.29) is 11.7 Å². The number of benzene rings is 1. The standard InChI is InChI=1S/C14H14FNO4/c15-9-2-1-8-5-6-16(10(8)7-9)13(17)11-3-4-12(20-11)14(18)19/h1-2,7,11-12H,3-6H2,(H,18,19). The lowest BCUT2D eigenvalue weighted by Crippen LogP contribution is -2.38. The predicted molar refractivity (Wildman–Crippen MR) is 68.0 cm³/mol. The smallest absolute Gasteiger partial charge is 0.332 e. The number of fused-ring (bicyclic) bond motifs is 1. The van der Waals surface area contributed by atoms with E-state index in [2.05, 4.69) is 0 Å². The highest BCUT2D eigenvalue weighted by Gasteiger charge is 2.38. The summed E-state index contributed by atoms with van der Waals surface area (Å²) in [5.41, 5.74) is 1.49. The van der Waals surface area contributed by atoms with E-state index in [1.165, 1.54) is 17.0 Å². The van der Waals surface area contributed by atoms with Gasteiger partial charge < -0.3 is 14.7 Å². The third-order valence-electron chi connectivity index (χ3n) is 3.78. The van der Waals surface area contributed by atoms with Crippen LogP contribution in [-0.2, 0) is 20.7 Å². The summed E-state index contributed by atoms with van der Waals surface area (Å²) in [5, 5.41) is 8.87. The Morgan fingerprint density at radius 2 is 2.05 bits per heavy atom. The van der Waals surface area contributed by atoms with Gasteiger partial charge >= 0.3 is 5.97 Å². The Morgan fingerprint density at radius 1 is 1.30 bits per heavy atom. The van der Waals surface area contributed by atoms with Gasteiger partial charge in [-0.1, -0.05) is 6.07 Å². The molecule has 1 aromatic rings. The van der Waals surface area contributed by atoms with Crippen molar-refractivity contribution in [2.75, 3.05) is 11.4 Å². The zero-order valence-electron chi connectivity index (χ0n) is 10.7. The van der Waals surface area contributed by atoms with Gasteiger partial charge in [0, 0.05) is 12.2 Å². The van der Waals surface area contributed by atoms with Crippen LogP contribution in [0, 0.1) is 5.82 Å². The molecule has 2 aliphatic heterocycles. The zero-order chi connectivity index (χ0) is 14.3. The summed E-state index contributed by atoms with van der Waals surface area (Å²) >= 11 is 0. The van der Waals surface area contributed by atoms with Gasteiger partial charge in [-0.2, -0.15) is 0 Å². The second kappa shape index (κ2) is 4.86. The number of hydrogen-bond acceptors (Lipinski definition) is 3. The van der Waals surface area contributed by atoms with E-state index in [4.69, 9.17) is 9.84 Å². The minimum atomic E-state index is -1.05. The number of carbonyl (C=O) groups is 2. The van der Waals surface area contributed by atoms with E-state index in [0.717, 1.165) is 5.56 Å². The van der Waals surface area contributed by atoms with E-state index < -0.39 is 18.2 Å². The molecule has 1 amide bonds. The quantitative estimate of drug-likeness (QED) is 0.887. The third-order valence-corrected chi connectivity index (χ3v) is 3.78. The molecule has 0 spiro atoms. The number of rotatable bonds is 2. The van der Waals surface area contributed by atoms with Gasteiger partial charge in [0.05, 0.1) is 0 Å². The molecule has 3 rings (SSSR count). The average molecular weight is 279 g/mol. The molecule has 0 radical (unpaired) electrons. The molecule has 0 aliphatic carbocycles. The molecule has 0 saturated carbocycles. The Morgan fingerprint density at radius 3 is 2.75 bits per heavy atom.